The van der Waals surface area contributed by atoms with Gasteiger partial charge in [-0.1, -0.05) is 43.7 Å². The summed E-state index contributed by atoms with van der Waals surface area (Å²) in [6.45, 7) is 2.17. The van der Waals surface area contributed by atoms with E-state index in [1.54, 1.807) is 6.07 Å². The Bertz CT molecular complexity index is 551. The average Bonchev–Trinajstić information content (AvgIpc) is 2.39. The fourth-order valence-corrected chi connectivity index (χ4v) is 2.93. The predicted octanol–water partition coefficient (Wildman–Crippen LogP) is 4.43. The lowest BCUT2D eigenvalue weighted by Gasteiger charge is -2.15. The quantitative estimate of drug-likeness (QED) is 0.793. The lowest BCUT2D eigenvalue weighted by molar-refractivity contribution is 0.625. The molecule has 0 amide bonds. The standard InChI is InChI=1S/C16H17FIN/c1-2-3-11-4-6-12(7-5-11)16(19)14-9-8-13(17)10-15(14)18/h4-10,16H,2-3,19H2,1H3. The monoisotopic (exact) mass is 369 g/mol. The summed E-state index contributed by atoms with van der Waals surface area (Å²) in [5, 5.41) is 0. The first-order chi connectivity index (χ1) is 9.11. The van der Waals surface area contributed by atoms with Crippen molar-refractivity contribution in [1.82, 2.24) is 0 Å². The van der Waals surface area contributed by atoms with Crippen molar-refractivity contribution in [2.45, 2.75) is 25.8 Å². The van der Waals surface area contributed by atoms with Gasteiger partial charge in [0.1, 0.15) is 5.82 Å². The largest absolute Gasteiger partial charge is 0.320 e. The summed E-state index contributed by atoms with van der Waals surface area (Å²) >= 11 is 2.13. The third-order valence-corrected chi connectivity index (χ3v) is 4.11. The Kier molecular flexibility index (Phi) is 4.93. The van der Waals surface area contributed by atoms with E-state index in [0.717, 1.165) is 27.5 Å². The molecule has 0 aliphatic rings. The van der Waals surface area contributed by atoms with Crippen LogP contribution in [0, 0.1) is 9.39 Å². The van der Waals surface area contributed by atoms with Crippen molar-refractivity contribution in [3.05, 3.63) is 68.5 Å². The molecule has 19 heavy (non-hydrogen) atoms. The van der Waals surface area contributed by atoms with Crippen LogP contribution < -0.4 is 5.73 Å². The van der Waals surface area contributed by atoms with E-state index in [9.17, 15) is 4.39 Å². The van der Waals surface area contributed by atoms with Gasteiger partial charge in [-0.15, -0.1) is 0 Å². The highest BCUT2D eigenvalue weighted by Crippen LogP contribution is 2.25. The van der Waals surface area contributed by atoms with Gasteiger partial charge in [-0.05, 0) is 57.8 Å². The van der Waals surface area contributed by atoms with Crippen LogP contribution in [0.2, 0.25) is 0 Å². The van der Waals surface area contributed by atoms with Gasteiger partial charge in [0.2, 0.25) is 0 Å². The first-order valence-corrected chi connectivity index (χ1v) is 7.49. The van der Waals surface area contributed by atoms with Gasteiger partial charge in [0.25, 0.3) is 0 Å². The van der Waals surface area contributed by atoms with Crippen LogP contribution in [-0.4, -0.2) is 0 Å². The molecule has 0 bridgehead atoms. The molecule has 1 nitrogen and oxygen atoms in total. The molecule has 2 rings (SSSR count). The zero-order valence-corrected chi connectivity index (χ0v) is 13.0. The Balaban J connectivity index is 2.25. The summed E-state index contributed by atoms with van der Waals surface area (Å²) in [6.07, 6.45) is 2.23. The molecular weight excluding hydrogens is 352 g/mol. The van der Waals surface area contributed by atoms with Crippen molar-refractivity contribution < 1.29 is 4.39 Å². The number of rotatable bonds is 4. The molecule has 0 radical (unpaired) electrons. The third kappa shape index (κ3) is 3.54. The smallest absolute Gasteiger partial charge is 0.124 e. The van der Waals surface area contributed by atoms with Crippen LogP contribution in [0.25, 0.3) is 0 Å². The molecule has 0 heterocycles. The molecule has 0 saturated carbocycles. The predicted molar refractivity (Wildman–Crippen MR) is 85.6 cm³/mol. The summed E-state index contributed by atoms with van der Waals surface area (Å²) in [4.78, 5) is 0. The van der Waals surface area contributed by atoms with Crippen LogP contribution in [0.4, 0.5) is 4.39 Å². The van der Waals surface area contributed by atoms with Gasteiger partial charge < -0.3 is 5.73 Å². The van der Waals surface area contributed by atoms with Crippen molar-refractivity contribution in [2.24, 2.45) is 5.73 Å². The maximum Gasteiger partial charge on any atom is 0.124 e. The van der Waals surface area contributed by atoms with Crippen LogP contribution >= 0.6 is 22.6 Å². The SMILES string of the molecule is CCCc1ccc(C(N)c2ccc(F)cc2I)cc1. The lowest BCUT2D eigenvalue weighted by atomic mass is 9.98. The van der Waals surface area contributed by atoms with Crippen LogP contribution in [0.15, 0.2) is 42.5 Å². The van der Waals surface area contributed by atoms with Crippen LogP contribution in [0.1, 0.15) is 36.1 Å². The Morgan fingerprint density at radius 3 is 2.42 bits per heavy atom. The lowest BCUT2D eigenvalue weighted by Crippen LogP contribution is -2.13. The van der Waals surface area contributed by atoms with Gasteiger partial charge in [0, 0.05) is 3.57 Å². The average molecular weight is 369 g/mol. The fraction of sp³-hybridized carbons (Fsp3) is 0.250. The van der Waals surface area contributed by atoms with E-state index in [1.807, 2.05) is 0 Å². The Morgan fingerprint density at radius 2 is 1.84 bits per heavy atom. The van der Waals surface area contributed by atoms with E-state index in [-0.39, 0.29) is 11.9 Å². The summed E-state index contributed by atoms with van der Waals surface area (Å²) < 4.78 is 14.0. The topological polar surface area (TPSA) is 26.0 Å². The third-order valence-electron chi connectivity index (χ3n) is 3.18. The zero-order chi connectivity index (χ0) is 13.8. The van der Waals surface area contributed by atoms with E-state index in [2.05, 4.69) is 53.8 Å². The maximum atomic E-state index is 13.1. The Hall–Kier alpha value is -0.940. The van der Waals surface area contributed by atoms with E-state index < -0.39 is 0 Å². The molecule has 0 fully saturated rings. The van der Waals surface area contributed by atoms with Gasteiger partial charge in [-0.3, -0.25) is 0 Å². The molecule has 1 unspecified atom stereocenters. The van der Waals surface area contributed by atoms with Crippen LogP contribution in [-0.2, 0) is 6.42 Å². The summed E-state index contributed by atoms with van der Waals surface area (Å²) in [6, 6.07) is 12.9. The number of aryl methyl sites for hydroxylation is 1. The highest BCUT2D eigenvalue weighted by atomic mass is 127. The molecular formula is C16H17FIN. The van der Waals surface area contributed by atoms with Crippen molar-refractivity contribution in [1.29, 1.82) is 0 Å². The first kappa shape index (κ1) is 14.5. The molecule has 0 aromatic heterocycles. The minimum absolute atomic E-state index is 0.205. The van der Waals surface area contributed by atoms with E-state index in [1.165, 1.54) is 17.7 Å². The summed E-state index contributed by atoms with van der Waals surface area (Å²) in [7, 11) is 0. The van der Waals surface area contributed by atoms with Gasteiger partial charge in [-0.25, -0.2) is 4.39 Å². The number of hydrogen-bond donors (Lipinski definition) is 1. The Labute approximate surface area is 127 Å². The van der Waals surface area contributed by atoms with Crippen LogP contribution in [0.3, 0.4) is 0 Å². The van der Waals surface area contributed by atoms with Gasteiger partial charge in [-0.2, -0.15) is 0 Å². The maximum absolute atomic E-state index is 13.1. The molecule has 0 aliphatic carbocycles. The number of benzene rings is 2. The molecule has 1 atom stereocenters. The summed E-state index contributed by atoms with van der Waals surface area (Å²) in [5.41, 5.74) is 9.61. The minimum atomic E-state index is -0.223. The normalized spacial score (nSPS) is 12.4. The summed E-state index contributed by atoms with van der Waals surface area (Å²) in [5.74, 6) is -0.223. The number of halogens is 2. The minimum Gasteiger partial charge on any atom is -0.320 e. The van der Waals surface area contributed by atoms with Crippen molar-refractivity contribution in [3.63, 3.8) is 0 Å². The fourth-order valence-electron chi connectivity index (χ4n) is 2.11. The molecule has 0 aliphatic heterocycles. The van der Waals surface area contributed by atoms with Crippen molar-refractivity contribution in [3.8, 4) is 0 Å². The second-order valence-corrected chi connectivity index (χ2v) is 5.80. The molecule has 0 spiro atoms. The second-order valence-electron chi connectivity index (χ2n) is 4.64. The highest BCUT2D eigenvalue weighted by Gasteiger charge is 2.12. The van der Waals surface area contributed by atoms with Crippen LogP contribution in [0.5, 0.6) is 0 Å². The number of nitrogens with two attached hydrogens (primary N) is 1. The zero-order valence-electron chi connectivity index (χ0n) is 10.9. The van der Waals surface area contributed by atoms with E-state index in [0.29, 0.717) is 0 Å². The first-order valence-electron chi connectivity index (χ1n) is 6.41. The molecule has 3 heteroatoms. The van der Waals surface area contributed by atoms with Gasteiger partial charge in [0.05, 0.1) is 6.04 Å². The Morgan fingerprint density at radius 1 is 1.16 bits per heavy atom. The molecule has 0 saturated heterocycles. The van der Waals surface area contributed by atoms with E-state index in [4.69, 9.17) is 5.73 Å². The molecule has 2 aromatic rings. The molecule has 100 valence electrons. The highest BCUT2D eigenvalue weighted by molar-refractivity contribution is 14.1. The van der Waals surface area contributed by atoms with Gasteiger partial charge >= 0.3 is 0 Å². The second kappa shape index (κ2) is 6.48. The van der Waals surface area contributed by atoms with Crippen molar-refractivity contribution >= 4 is 22.6 Å². The number of hydrogen-bond acceptors (Lipinski definition) is 1. The van der Waals surface area contributed by atoms with E-state index >= 15 is 0 Å². The molecule has 2 N–H and O–H groups in total. The van der Waals surface area contributed by atoms with Crippen molar-refractivity contribution in [2.75, 3.05) is 0 Å². The molecule has 2 aromatic carbocycles. The van der Waals surface area contributed by atoms with Gasteiger partial charge in [0.15, 0.2) is 0 Å².